The van der Waals surface area contributed by atoms with Crippen molar-refractivity contribution >= 4 is 22.6 Å². The molecule has 1 fully saturated rings. The van der Waals surface area contributed by atoms with Gasteiger partial charge in [-0.1, -0.05) is 18.2 Å². The molecule has 1 aliphatic heterocycles. The first-order chi connectivity index (χ1) is 15.2. The minimum Gasteiger partial charge on any atom is -0.390 e. The van der Waals surface area contributed by atoms with Gasteiger partial charge in [0.05, 0.1) is 6.10 Å². The summed E-state index contributed by atoms with van der Waals surface area (Å²) in [4.78, 5) is 26.5. The second kappa shape index (κ2) is 8.64. The molecule has 162 valence electrons. The van der Waals surface area contributed by atoms with Gasteiger partial charge in [-0.25, -0.2) is 9.97 Å². The Morgan fingerprint density at radius 1 is 1.29 bits per heavy atom. The third kappa shape index (κ3) is 4.40. The summed E-state index contributed by atoms with van der Waals surface area (Å²) >= 11 is 0. The van der Waals surface area contributed by atoms with Crippen LogP contribution in [0, 0.1) is 0 Å². The van der Waals surface area contributed by atoms with Crippen molar-refractivity contribution in [2.75, 3.05) is 25.0 Å². The van der Waals surface area contributed by atoms with Crippen LogP contribution in [0.5, 0.6) is 0 Å². The third-order valence-corrected chi connectivity index (χ3v) is 6.29. The molecule has 4 N–H and O–H groups in total. The smallest absolute Gasteiger partial charge is 0.270 e. The van der Waals surface area contributed by atoms with Crippen LogP contribution in [-0.4, -0.2) is 62.6 Å². The van der Waals surface area contributed by atoms with Crippen molar-refractivity contribution in [1.29, 1.82) is 0 Å². The zero-order valence-corrected chi connectivity index (χ0v) is 17.5. The number of hydrogen-bond donors (Lipinski definition) is 4. The second-order valence-corrected chi connectivity index (χ2v) is 8.54. The molecule has 1 aliphatic carbocycles. The van der Waals surface area contributed by atoms with Crippen molar-refractivity contribution in [3.63, 3.8) is 0 Å². The van der Waals surface area contributed by atoms with Crippen LogP contribution in [0.4, 0.5) is 5.82 Å². The fourth-order valence-electron chi connectivity index (χ4n) is 4.39. The number of fused-ring (bicyclic) bond motifs is 3. The van der Waals surface area contributed by atoms with Crippen LogP contribution in [0.2, 0.25) is 0 Å². The Bertz CT molecular complexity index is 1080. The maximum absolute atomic E-state index is 12.5. The number of nitrogens with zero attached hydrogens (tertiary/aromatic N) is 3. The molecule has 1 atom stereocenters. The monoisotopic (exact) mass is 420 g/mol. The molecule has 2 aliphatic rings. The van der Waals surface area contributed by atoms with Gasteiger partial charge in [-0.3, -0.25) is 9.69 Å². The Hall–Kier alpha value is -2.97. The molecule has 5 rings (SSSR count). The number of hydrogen-bond acceptors (Lipinski definition) is 6. The lowest BCUT2D eigenvalue weighted by Crippen LogP contribution is -2.42. The summed E-state index contributed by atoms with van der Waals surface area (Å²) in [6, 6.07) is 10.5. The fraction of sp³-hybridized carbons (Fsp3) is 0.435. The molecule has 3 aromatic rings. The summed E-state index contributed by atoms with van der Waals surface area (Å²) in [6.45, 7) is 2.36. The van der Waals surface area contributed by atoms with Crippen molar-refractivity contribution in [3.8, 4) is 0 Å². The molecule has 0 bridgehead atoms. The van der Waals surface area contributed by atoms with Gasteiger partial charge in [0.1, 0.15) is 17.8 Å². The maximum Gasteiger partial charge on any atom is 0.270 e. The number of H-pyrrole nitrogens is 1. The van der Waals surface area contributed by atoms with E-state index in [4.69, 9.17) is 0 Å². The first-order valence-corrected chi connectivity index (χ1v) is 11.0. The highest BCUT2D eigenvalue weighted by atomic mass is 16.3. The number of aromatic nitrogens is 3. The first-order valence-electron chi connectivity index (χ1n) is 11.0. The molecule has 8 heteroatoms. The van der Waals surface area contributed by atoms with E-state index in [0.717, 1.165) is 37.9 Å². The topological polar surface area (TPSA) is 106 Å². The van der Waals surface area contributed by atoms with Gasteiger partial charge in [0.25, 0.3) is 5.91 Å². The van der Waals surface area contributed by atoms with Gasteiger partial charge in [0.15, 0.2) is 0 Å². The number of rotatable bonds is 7. The number of nitrogens with one attached hydrogen (secondary N) is 3. The number of benzene rings is 1. The Labute approximate surface area is 181 Å². The van der Waals surface area contributed by atoms with E-state index in [2.05, 4.69) is 48.7 Å². The van der Waals surface area contributed by atoms with Crippen LogP contribution in [0.25, 0.3) is 10.9 Å². The molecule has 8 nitrogen and oxygen atoms in total. The predicted octanol–water partition coefficient (Wildman–Crippen LogP) is 2.07. The lowest BCUT2D eigenvalue weighted by atomic mass is 9.93. The summed E-state index contributed by atoms with van der Waals surface area (Å²) in [5.74, 6) is 0.377. The molecule has 2 aromatic heterocycles. The van der Waals surface area contributed by atoms with Crippen molar-refractivity contribution in [2.45, 2.75) is 44.4 Å². The van der Waals surface area contributed by atoms with E-state index in [1.807, 2.05) is 6.07 Å². The third-order valence-electron chi connectivity index (χ3n) is 6.29. The minimum atomic E-state index is -0.649. The number of amides is 1. The average Bonchev–Trinajstić information content (AvgIpc) is 3.12. The van der Waals surface area contributed by atoms with Gasteiger partial charge in [0.2, 0.25) is 0 Å². The Balaban J connectivity index is 1.13. The quantitative estimate of drug-likeness (QED) is 0.466. The predicted molar refractivity (Wildman–Crippen MR) is 119 cm³/mol. The molecule has 1 amide bonds. The highest BCUT2D eigenvalue weighted by Gasteiger charge is 2.23. The molecule has 0 radical (unpaired) electrons. The van der Waals surface area contributed by atoms with E-state index < -0.39 is 6.10 Å². The minimum absolute atomic E-state index is 0.185. The van der Waals surface area contributed by atoms with E-state index in [0.29, 0.717) is 24.1 Å². The molecule has 3 heterocycles. The standard InChI is InChI=1S/C23H28N6O2/c30-16(11-24-23(31)20-10-22(26-14-25-20)27-15-4-3-5-15)12-29-9-8-18-17-6-1-2-7-19(17)28-21(18)13-29/h1-2,6-7,10,14-16,28,30H,3-5,8-9,11-13H2,(H,24,31)(H,25,26,27). The van der Waals surface area contributed by atoms with Crippen molar-refractivity contribution in [1.82, 2.24) is 25.2 Å². The normalized spacial score (nSPS) is 17.7. The van der Waals surface area contributed by atoms with Crippen molar-refractivity contribution < 1.29 is 9.90 Å². The van der Waals surface area contributed by atoms with Crippen molar-refractivity contribution in [2.24, 2.45) is 0 Å². The highest BCUT2D eigenvalue weighted by molar-refractivity contribution is 5.92. The van der Waals surface area contributed by atoms with Gasteiger partial charge in [-0.2, -0.15) is 0 Å². The second-order valence-electron chi connectivity index (χ2n) is 8.54. The number of anilines is 1. The number of carbonyl (C=O) groups is 1. The Morgan fingerprint density at radius 2 is 2.16 bits per heavy atom. The van der Waals surface area contributed by atoms with E-state index >= 15 is 0 Å². The van der Waals surface area contributed by atoms with E-state index in [-0.39, 0.29) is 12.5 Å². The first kappa shape index (κ1) is 20.0. The number of aliphatic hydroxyl groups is 1. The maximum atomic E-state index is 12.5. The number of para-hydroxylation sites is 1. The highest BCUT2D eigenvalue weighted by Crippen LogP contribution is 2.27. The average molecular weight is 421 g/mol. The van der Waals surface area contributed by atoms with Gasteiger partial charge >= 0.3 is 0 Å². The zero-order valence-electron chi connectivity index (χ0n) is 17.5. The van der Waals surface area contributed by atoms with Crippen LogP contribution in [0.1, 0.15) is 41.0 Å². The summed E-state index contributed by atoms with van der Waals surface area (Å²) in [6.07, 6.45) is 5.20. The lowest BCUT2D eigenvalue weighted by Gasteiger charge is -2.29. The molecule has 1 saturated carbocycles. The number of aliphatic hydroxyl groups excluding tert-OH is 1. The van der Waals surface area contributed by atoms with E-state index in [1.165, 1.54) is 29.4 Å². The van der Waals surface area contributed by atoms with Crippen LogP contribution >= 0.6 is 0 Å². The lowest BCUT2D eigenvalue weighted by molar-refractivity contribution is 0.0836. The largest absolute Gasteiger partial charge is 0.390 e. The van der Waals surface area contributed by atoms with Gasteiger partial charge in [-0.15, -0.1) is 0 Å². The van der Waals surface area contributed by atoms with Gasteiger partial charge in [0, 0.05) is 54.9 Å². The number of carbonyl (C=O) groups excluding carboxylic acids is 1. The molecular formula is C23H28N6O2. The molecule has 1 unspecified atom stereocenters. The molecule has 1 aromatic carbocycles. The van der Waals surface area contributed by atoms with Crippen LogP contribution < -0.4 is 10.6 Å². The molecule has 31 heavy (non-hydrogen) atoms. The Morgan fingerprint density at radius 3 is 3.00 bits per heavy atom. The van der Waals surface area contributed by atoms with Gasteiger partial charge < -0.3 is 20.7 Å². The molecule has 0 saturated heterocycles. The number of aromatic amines is 1. The summed E-state index contributed by atoms with van der Waals surface area (Å²) in [7, 11) is 0. The van der Waals surface area contributed by atoms with E-state index in [1.54, 1.807) is 6.07 Å². The zero-order chi connectivity index (χ0) is 21.2. The van der Waals surface area contributed by atoms with Gasteiger partial charge in [-0.05, 0) is 37.3 Å². The summed E-state index contributed by atoms with van der Waals surface area (Å²) in [5.41, 5.74) is 4.07. The molecular weight excluding hydrogens is 392 g/mol. The summed E-state index contributed by atoms with van der Waals surface area (Å²) in [5, 5.41) is 17.9. The van der Waals surface area contributed by atoms with E-state index in [9.17, 15) is 9.90 Å². The summed E-state index contributed by atoms with van der Waals surface area (Å²) < 4.78 is 0. The number of β-amino-alcohol motifs (C(OH)–C–C–N with tert-alkyl or cyclic N) is 1. The van der Waals surface area contributed by atoms with Crippen LogP contribution in [-0.2, 0) is 13.0 Å². The van der Waals surface area contributed by atoms with Crippen LogP contribution in [0.15, 0.2) is 36.7 Å². The Kier molecular flexibility index (Phi) is 5.57. The van der Waals surface area contributed by atoms with Crippen molar-refractivity contribution in [3.05, 3.63) is 53.6 Å². The van der Waals surface area contributed by atoms with Crippen LogP contribution in [0.3, 0.4) is 0 Å². The molecule has 0 spiro atoms. The SMILES string of the molecule is O=C(NCC(O)CN1CCc2c([nH]c3ccccc23)C1)c1cc(NC2CCC2)ncn1. The fourth-order valence-corrected chi connectivity index (χ4v) is 4.39.